The van der Waals surface area contributed by atoms with Gasteiger partial charge in [-0.25, -0.2) is 4.79 Å². The van der Waals surface area contributed by atoms with Crippen LogP contribution in [0.3, 0.4) is 0 Å². The monoisotopic (exact) mass is 500 g/mol. The minimum absolute atomic E-state index is 0.0565. The molecule has 0 radical (unpaired) electrons. The molecule has 1 aromatic heterocycles. The molecule has 37 heavy (non-hydrogen) atoms. The van der Waals surface area contributed by atoms with E-state index in [2.05, 4.69) is 4.98 Å². The molecule has 1 amide bonds. The predicted octanol–water partition coefficient (Wildman–Crippen LogP) is 4.90. The molecule has 1 atom stereocenters. The van der Waals surface area contributed by atoms with Crippen LogP contribution in [0.15, 0.2) is 66.5 Å². The SMILES string of the molecule is COc1cc(C)c(/C(O)=C2\C(=O)C(=O)N(c3cccc(C(=O)OC(C)C)c3)C2c2ccncc2)cc1C. The maximum atomic E-state index is 13.4. The molecule has 8 nitrogen and oxygen atoms in total. The number of anilines is 1. The van der Waals surface area contributed by atoms with Crippen molar-refractivity contribution in [1.82, 2.24) is 4.98 Å². The lowest BCUT2D eigenvalue weighted by Gasteiger charge is -2.26. The second-order valence-electron chi connectivity index (χ2n) is 9.09. The number of hydrogen-bond donors (Lipinski definition) is 1. The predicted molar refractivity (Wildman–Crippen MR) is 138 cm³/mol. The van der Waals surface area contributed by atoms with Crippen LogP contribution in [-0.2, 0) is 14.3 Å². The highest BCUT2D eigenvalue weighted by atomic mass is 16.5. The van der Waals surface area contributed by atoms with Gasteiger partial charge in [-0.3, -0.25) is 19.5 Å². The van der Waals surface area contributed by atoms with Crippen molar-refractivity contribution < 1.29 is 29.0 Å². The Balaban J connectivity index is 1.91. The third kappa shape index (κ3) is 4.82. The molecule has 190 valence electrons. The van der Waals surface area contributed by atoms with Crippen LogP contribution in [0, 0.1) is 13.8 Å². The van der Waals surface area contributed by atoms with E-state index in [4.69, 9.17) is 9.47 Å². The molecule has 0 aliphatic carbocycles. The maximum absolute atomic E-state index is 13.4. The van der Waals surface area contributed by atoms with Gasteiger partial charge in [0.2, 0.25) is 0 Å². The Morgan fingerprint density at radius 3 is 2.38 bits per heavy atom. The van der Waals surface area contributed by atoms with Crippen molar-refractivity contribution in [2.75, 3.05) is 12.0 Å². The van der Waals surface area contributed by atoms with Crippen LogP contribution >= 0.6 is 0 Å². The maximum Gasteiger partial charge on any atom is 0.338 e. The minimum atomic E-state index is -0.943. The number of carbonyl (C=O) groups excluding carboxylic acids is 3. The lowest BCUT2D eigenvalue weighted by atomic mass is 9.93. The number of methoxy groups -OCH3 is 1. The van der Waals surface area contributed by atoms with Crippen LogP contribution < -0.4 is 9.64 Å². The van der Waals surface area contributed by atoms with E-state index >= 15 is 0 Å². The number of aromatic nitrogens is 1. The van der Waals surface area contributed by atoms with Gasteiger partial charge < -0.3 is 14.6 Å². The molecule has 1 unspecified atom stereocenters. The standard InChI is InChI=1S/C29H28N2O6/c1-16(2)37-29(35)20-7-6-8-21(15-20)31-25(19-9-11-30-12-10-19)24(27(33)28(31)34)26(32)22-13-18(4)23(36-5)14-17(22)3/h6-16,25,32H,1-5H3/b26-24+. The molecule has 1 aliphatic heterocycles. The van der Waals surface area contributed by atoms with Gasteiger partial charge in [0.25, 0.3) is 11.7 Å². The fraction of sp³-hybridized carbons (Fsp3) is 0.241. The van der Waals surface area contributed by atoms with Crippen molar-refractivity contribution in [2.24, 2.45) is 0 Å². The summed E-state index contributed by atoms with van der Waals surface area (Å²) in [5.74, 6) is -1.84. The molecular weight excluding hydrogens is 472 g/mol. The van der Waals surface area contributed by atoms with E-state index in [-0.39, 0.29) is 23.0 Å². The van der Waals surface area contributed by atoms with Crippen molar-refractivity contribution in [3.05, 3.63) is 94.3 Å². The van der Waals surface area contributed by atoms with Crippen LogP contribution in [0.4, 0.5) is 5.69 Å². The van der Waals surface area contributed by atoms with E-state index < -0.39 is 23.7 Å². The summed E-state index contributed by atoms with van der Waals surface area (Å²) in [5.41, 5.74) is 2.95. The molecule has 1 aliphatic rings. The number of ether oxygens (including phenoxy) is 2. The van der Waals surface area contributed by atoms with Crippen molar-refractivity contribution in [3.8, 4) is 5.75 Å². The third-order valence-corrected chi connectivity index (χ3v) is 6.17. The zero-order chi connectivity index (χ0) is 26.9. The van der Waals surface area contributed by atoms with Gasteiger partial charge in [0.05, 0.1) is 30.4 Å². The zero-order valence-corrected chi connectivity index (χ0v) is 21.3. The molecule has 8 heteroatoms. The van der Waals surface area contributed by atoms with E-state index in [0.29, 0.717) is 28.1 Å². The molecular formula is C29H28N2O6. The number of aliphatic hydroxyl groups excluding tert-OH is 1. The first-order chi connectivity index (χ1) is 17.6. The number of benzene rings is 2. The highest BCUT2D eigenvalue weighted by molar-refractivity contribution is 6.51. The minimum Gasteiger partial charge on any atom is -0.507 e. The first-order valence-corrected chi connectivity index (χ1v) is 11.8. The number of amides is 1. The number of aryl methyl sites for hydroxylation is 2. The topological polar surface area (TPSA) is 106 Å². The average Bonchev–Trinajstić information content (AvgIpc) is 3.15. The van der Waals surface area contributed by atoms with Crippen LogP contribution in [0.2, 0.25) is 0 Å². The van der Waals surface area contributed by atoms with Gasteiger partial charge in [-0.05, 0) is 86.8 Å². The summed E-state index contributed by atoms with van der Waals surface area (Å²) < 4.78 is 10.7. The number of esters is 1. The van der Waals surface area contributed by atoms with Crippen molar-refractivity contribution in [1.29, 1.82) is 0 Å². The fourth-order valence-electron chi connectivity index (χ4n) is 4.43. The number of Topliss-reactive ketones (excluding diaryl/α,β-unsaturated/α-hetero) is 1. The molecule has 0 bridgehead atoms. The number of hydrogen-bond acceptors (Lipinski definition) is 7. The number of rotatable bonds is 6. The summed E-state index contributed by atoms with van der Waals surface area (Å²) in [6.07, 6.45) is 2.78. The summed E-state index contributed by atoms with van der Waals surface area (Å²) >= 11 is 0. The van der Waals surface area contributed by atoms with E-state index in [1.54, 1.807) is 82.7 Å². The van der Waals surface area contributed by atoms with Crippen LogP contribution in [-0.4, -0.2) is 41.0 Å². The first-order valence-electron chi connectivity index (χ1n) is 11.8. The molecule has 2 aromatic carbocycles. The van der Waals surface area contributed by atoms with Crippen molar-refractivity contribution >= 4 is 29.1 Å². The summed E-state index contributed by atoms with van der Waals surface area (Å²) in [4.78, 5) is 44.7. The Morgan fingerprint density at radius 1 is 1.03 bits per heavy atom. The Kier molecular flexibility index (Phi) is 7.11. The van der Waals surface area contributed by atoms with Gasteiger partial charge in [-0.2, -0.15) is 0 Å². The van der Waals surface area contributed by atoms with Crippen LogP contribution in [0.25, 0.3) is 5.76 Å². The van der Waals surface area contributed by atoms with E-state index in [1.165, 1.54) is 11.0 Å². The van der Waals surface area contributed by atoms with E-state index in [1.807, 2.05) is 6.92 Å². The summed E-state index contributed by atoms with van der Waals surface area (Å²) in [5, 5.41) is 11.5. The first kappa shape index (κ1) is 25.6. The Hall–Kier alpha value is -4.46. The zero-order valence-electron chi connectivity index (χ0n) is 21.3. The van der Waals surface area contributed by atoms with Gasteiger partial charge in [0, 0.05) is 23.6 Å². The molecule has 1 fully saturated rings. The Bertz CT molecular complexity index is 1410. The number of pyridine rings is 1. The average molecular weight is 501 g/mol. The molecule has 0 saturated carbocycles. The van der Waals surface area contributed by atoms with Gasteiger partial charge in [0.15, 0.2) is 0 Å². The fourth-order valence-corrected chi connectivity index (χ4v) is 4.43. The van der Waals surface area contributed by atoms with Gasteiger partial charge in [-0.1, -0.05) is 6.07 Å². The number of aliphatic hydroxyl groups is 1. The van der Waals surface area contributed by atoms with E-state index in [9.17, 15) is 19.5 Å². The number of nitrogens with zero attached hydrogens (tertiary/aromatic N) is 2. The number of ketones is 1. The molecule has 4 rings (SSSR count). The van der Waals surface area contributed by atoms with Gasteiger partial charge in [0.1, 0.15) is 11.5 Å². The van der Waals surface area contributed by atoms with Crippen molar-refractivity contribution in [3.63, 3.8) is 0 Å². The van der Waals surface area contributed by atoms with Gasteiger partial charge >= 0.3 is 5.97 Å². The van der Waals surface area contributed by atoms with Gasteiger partial charge in [-0.15, -0.1) is 0 Å². The molecule has 1 saturated heterocycles. The van der Waals surface area contributed by atoms with E-state index in [0.717, 1.165) is 5.56 Å². The Morgan fingerprint density at radius 2 is 1.73 bits per heavy atom. The Labute approximate surface area is 215 Å². The highest BCUT2D eigenvalue weighted by Crippen LogP contribution is 2.43. The molecule has 2 heterocycles. The second-order valence-corrected chi connectivity index (χ2v) is 9.09. The molecule has 3 aromatic rings. The largest absolute Gasteiger partial charge is 0.507 e. The van der Waals surface area contributed by atoms with Crippen LogP contribution in [0.5, 0.6) is 5.75 Å². The van der Waals surface area contributed by atoms with Crippen molar-refractivity contribution in [2.45, 2.75) is 39.8 Å². The molecule has 0 spiro atoms. The normalized spacial score (nSPS) is 16.8. The quantitative estimate of drug-likeness (QED) is 0.222. The lowest BCUT2D eigenvalue weighted by Crippen LogP contribution is -2.29. The number of carbonyl (C=O) groups is 3. The smallest absolute Gasteiger partial charge is 0.338 e. The summed E-state index contributed by atoms with van der Waals surface area (Å²) in [7, 11) is 1.56. The molecule has 1 N–H and O–H groups in total. The third-order valence-electron chi connectivity index (χ3n) is 6.17. The van der Waals surface area contributed by atoms with Crippen LogP contribution in [0.1, 0.15) is 52.5 Å². The highest BCUT2D eigenvalue weighted by Gasteiger charge is 2.47. The summed E-state index contributed by atoms with van der Waals surface area (Å²) in [6, 6.07) is 12.2. The summed E-state index contributed by atoms with van der Waals surface area (Å²) in [6.45, 7) is 7.10. The lowest BCUT2D eigenvalue weighted by molar-refractivity contribution is -0.132. The second kappa shape index (κ2) is 10.3.